The molecule has 1 fully saturated rings. The van der Waals surface area contributed by atoms with Crippen LogP contribution in [0, 0.1) is 27.7 Å². The van der Waals surface area contributed by atoms with E-state index in [0.717, 1.165) is 33.5 Å². The largest absolute Gasteiger partial charge is 0.351 e. The Labute approximate surface area is 211 Å². The van der Waals surface area contributed by atoms with Gasteiger partial charge in [0.1, 0.15) is 0 Å². The van der Waals surface area contributed by atoms with Crippen LogP contribution in [0.2, 0.25) is 5.02 Å². The molecule has 172 valence electrons. The lowest BCUT2D eigenvalue weighted by molar-refractivity contribution is 0.565. The van der Waals surface area contributed by atoms with Gasteiger partial charge in [0.05, 0.1) is 17.8 Å². The number of rotatable bonds is 4. The third kappa shape index (κ3) is 3.99. The number of pyridine rings is 1. The second-order valence-corrected chi connectivity index (χ2v) is 9.81. The third-order valence-corrected chi connectivity index (χ3v) is 6.99. The highest BCUT2D eigenvalue weighted by Gasteiger charge is 2.42. The van der Waals surface area contributed by atoms with Gasteiger partial charge >= 0.3 is 0 Å². The number of hydrogen-bond donors (Lipinski definition) is 1. The number of nitrogens with one attached hydrogen (secondary N) is 1. The molecule has 1 aliphatic rings. The van der Waals surface area contributed by atoms with Crippen LogP contribution < -0.4 is 10.2 Å². The molecule has 1 N–H and O–H groups in total. The summed E-state index contributed by atoms with van der Waals surface area (Å²) >= 11 is 12.3. The minimum Gasteiger partial charge on any atom is -0.351 e. The molecule has 0 radical (unpaired) electrons. The lowest BCUT2D eigenvalue weighted by Gasteiger charge is -2.29. The van der Waals surface area contributed by atoms with Crippen molar-refractivity contribution in [2.24, 2.45) is 0 Å². The Morgan fingerprint density at radius 1 is 0.882 bits per heavy atom. The Kier molecular flexibility index (Phi) is 5.92. The fourth-order valence-corrected chi connectivity index (χ4v) is 5.67. The standard InChI is InChI=1S/C28H27ClN4S/c1-17-12-18(2)14-23(13-17)33-27(26(31-28(33)34)25-10-5-6-11-30-25)24-15-19(3)32(20(24)4)22-9-7-8-21(29)16-22/h5-16,26-27H,1-4H3,(H,31,34)/t26-,27-/m1/s1. The number of anilines is 1. The molecule has 1 saturated heterocycles. The molecule has 6 heteroatoms. The summed E-state index contributed by atoms with van der Waals surface area (Å²) < 4.78 is 2.26. The summed E-state index contributed by atoms with van der Waals surface area (Å²) in [5.41, 5.74) is 9.04. The number of aryl methyl sites for hydroxylation is 3. The van der Waals surface area contributed by atoms with Crippen molar-refractivity contribution < 1.29 is 0 Å². The minimum atomic E-state index is -0.0807. The van der Waals surface area contributed by atoms with Crippen LogP contribution >= 0.6 is 23.8 Å². The number of thiocarbonyl (C=S) groups is 1. The monoisotopic (exact) mass is 486 g/mol. The molecule has 1 aliphatic heterocycles. The normalized spacial score (nSPS) is 17.8. The van der Waals surface area contributed by atoms with Gasteiger partial charge in [0.2, 0.25) is 0 Å². The maximum atomic E-state index is 6.33. The molecule has 0 saturated carbocycles. The Balaban J connectivity index is 1.70. The zero-order valence-corrected chi connectivity index (χ0v) is 21.3. The Bertz CT molecular complexity index is 1360. The Morgan fingerprint density at radius 2 is 1.65 bits per heavy atom. The van der Waals surface area contributed by atoms with E-state index < -0.39 is 0 Å². The van der Waals surface area contributed by atoms with Crippen LogP contribution in [0.3, 0.4) is 0 Å². The van der Waals surface area contributed by atoms with Gasteiger partial charge < -0.3 is 14.8 Å². The first-order valence-corrected chi connectivity index (χ1v) is 12.2. The number of nitrogens with zero attached hydrogens (tertiary/aromatic N) is 3. The van der Waals surface area contributed by atoms with E-state index in [1.54, 1.807) is 0 Å². The van der Waals surface area contributed by atoms with Crippen molar-refractivity contribution >= 4 is 34.6 Å². The van der Waals surface area contributed by atoms with E-state index >= 15 is 0 Å². The third-order valence-electron chi connectivity index (χ3n) is 6.44. The van der Waals surface area contributed by atoms with Crippen LogP contribution in [0.4, 0.5) is 5.69 Å². The molecule has 0 spiro atoms. The fraction of sp³-hybridized carbons (Fsp3) is 0.214. The van der Waals surface area contributed by atoms with Gasteiger partial charge in [-0.3, -0.25) is 4.98 Å². The molecule has 4 aromatic rings. The quantitative estimate of drug-likeness (QED) is 0.317. The Hall–Kier alpha value is -3.15. The SMILES string of the molecule is Cc1cc(C)cc(N2C(=S)N[C@H](c3ccccn3)[C@H]2c2cc(C)n(-c3cccc(Cl)c3)c2C)c1. The summed E-state index contributed by atoms with van der Waals surface area (Å²) in [4.78, 5) is 6.94. The van der Waals surface area contributed by atoms with E-state index in [1.807, 2.05) is 36.5 Å². The lowest BCUT2D eigenvalue weighted by atomic mass is 9.96. The smallest absolute Gasteiger partial charge is 0.174 e. The molecule has 2 aromatic carbocycles. The van der Waals surface area contributed by atoms with Crippen LogP contribution in [0.5, 0.6) is 0 Å². The zero-order chi connectivity index (χ0) is 24.0. The van der Waals surface area contributed by atoms with Gasteiger partial charge in [-0.2, -0.15) is 0 Å². The van der Waals surface area contributed by atoms with Crippen molar-refractivity contribution in [3.63, 3.8) is 0 Å². The lowest BCUT2D eigenvalue weighted by Crippen LogP contribution is -2.29. The number of benzene rings is 2. The average Bonchev–Trinajstić information content (AvgIpc) is 3.29. The van der Waals surface area contributed by atoms with Gasteiger partial charge in [-0.05, 0) is 105 Å². The molecule has 0 aliphatic carbocycles. The van der Waals surface area contributed by atoms with E-state index in [-0.39, 0.29) is 12.1 Å². The highest BCUT2D eigenvalue weighted by atomic mass is 35.5. The topological polar surface area (TPSA) is 33.1 Å². The summed E-state index contributed by atoms with van der Waals surface area (Å²) in [6, 6.07) is 22.7. The van der Waals surface area contributed by atoms with Crippen LogP contribution in [-0.4, -0.2) is 14.7 Å². The van der Waals surface area contributed by atoms with Crippen molar-refractivity contribution in [2.45, 2.75) is 39.8 Å². The summed E-state index contributed by atoms with van der Waals surface area (Å²) in [5.74, 6) is 0. The van der Waals surface area contributed by atoms with Gasteiger partial charge in [0, 0.05) is 34.0 Å². The molecule has 0 bridgehead atoms. The van der Waals surface area contributed by atoms with Crippen molar-refractivity contribution in [2.75, 3.05) is 4.90 Å². The molecule has 5 rings (SSSR count). The first-order valence-electron chi connectivity index (χ1n) is 11.4. The number of aromatic nitrogens is 2. The van der Waals surface area contributed by atoms with E-state index in [9.17, 15) is 0 Å². The van der Waals surface area contributed by atoms with Gasteiger partial charge in [0.25, 0.3) is 0 Å². The van der Waals surface area contributed by atoms with Crippen molar-refractivity contribution in [3.8, 4) is 5.69 Å². The second kappa shape index (κ2) is 8.90. The molecule has 34 heavy (non-hydrogen) atoms. The molecule has 2 aromatic heterocycles. The van der Waals surface area contributed by atoms with Crippen molar-refractivity contribution in [1.29, 1.82) is 0 Å². The number of halogens is 1. The maximum Gasteiger partial charge on any atom is 0.174 e. The average molecular weight is 487 g/mol. The molecule has 0 amide bonds. The zero-order valence-electron chi connectivity index (χ0n) is 19.7. The van der Waals surface area contributed by atoms with Gasteiger partial charge in [-0.1, -0.05) is 29.8 Å². The van der Waals surface area contributed by atoms with Crippen LogP contribution in [-0.2, 0) is 0 Å². The first-order chi connectivity index (χ1) is 16.3. The van der Waals surface area contributed by atoms with Crippen molar-refractivity contribution in [1.82, 2.24) is 14.9 Å². The predicted molar refractivity (Wildman–Crippen MR) is 144 cm³/mol. The summed E-state index contributed by atoms with van der Waals surface area (Å²) in [7, 11) is 0. The minimum absolute atomic E-state index is 0.0530. The van der Waals surface area contributed by atoms with Gasteiger partial charge in [0.15, 0.2) is 5.11 Å². The van der Waals surface area contributed by atoms with E-state index in [0.29, 0.717) is 5.11 Å². The highest BCUT2D eigenvalue weighted by molar-refractivity contribution is 7.80. The fourth-order valence-electron chi connectivity index (χ4n) is 5.14. The Morgan fingerprint density at radius 3 is 2.32 bits per heavy atom. The maximum absolute atomic E-state index is 6.33. The molecular formula is C28H27ClN4S. The molecular weight excluding hydrogens is 460 g/mol. The number of hydrogen-bond acceptors (Lipinski definition) is 2. The van der Waals surface area contributed by atoms with Crippen molar-refractivity contribution in [3.05, 3.63) is 112 Å². The van der Waals surface area contributed by atoms with E-state index in [4.69, 9.17) is 23.8 Å². The molecule has 3 heterocycles. The molecule has 2 atom stereocenters. The summed E-state index contributed by atoms with van der Waals surface area (Å²) in [6.07, 6.45) is 1.84. The van der Waals surface area contributed by atoms with E-state index in [2.05, 4.69) is 83.9 Å². The van der Waals surface area contributed by atoms with E-state index in [1.165, 1.54) is 16.7 Å². The van der Waals surface area contributed by atoms with Gasteiger partial charge in [-0.15, -0.1) is 0 Å². The summed E-state index contributed by atoms with van der Waals surface area (Å²) in [6.45, 7) is 8.55. The molecule has 4 nitrogen and oxygen atoms in total. The van der Waals surface area contributed by atoms with Crippen LogP contribution in [0.25, 0.3) is 5.69 Å². The predicted octanol–water partition coefficient (Wildman–Crippen LogP) is 6.94. The highest BCUT2D eigenvalue weighted by Crippen LogP contribution is 2.44. The second-order valence-electron chi connectivity index (χ2n) is 8.98. The first kappa shape index (κ1) is 22.6. The molecule has 0 unspecified atom stereocenters. The van der Waals surface area contributed by atoms with Crippen LogP contribution in [0.1, 0.15) is 45.9 Å². The van der Waals surface area contributed by atoms with Crippen LogP contribution in [0.15, 0.2) is 72.9 Å². The van der Waals surface area contributed by atoms with Gasteiger partial charge in [-0.25, -0.2) is 0 Å². The summed E-state index contributed by atoms with van der Waals surface area (Å²) in [5, 5.41) is 5.00.